The first-order valence-electron chi connectivity index (χ1n) is 8.15. The highest BCUT2D eigenvalue weighted by Crippen LogP contribution is 2.22. The standard InChI is InChI=1S/C20H18FNO4/c1-13-2-7-17-15(11-25-18(17)8-13)9-20(24)26-12-19(23)22-10-14-3-5-16(21)6-4-14/h2-8,11H,9-10,12H2,1H3,(H,22,23). The molecule has 3 aromatic rings. The van der Waals surface area contributed by atoms with Crippen molar-refractivity contribution in [2.45, 2.75) is 19.9 Å². The van der Waals surface area contributed by atoms with Gasteiger partial charge in [-0.15, -0.1) is 0 Å². The molecule has 0 bridgehead atoms. The summed E-state index contributed by atoms with van der Waals surface area (Å²) in [5, 5.41) is 3.47. The number of furan rings is 1. The van der Waals surface area contributed by atoms with Gasteiger partial charge in [0.05, 0.1) is 12.7 Å². The first-order valence-corrected chi connectivity index (χ1v) is 8.15. The van der Waals surface area contributed by atoms with Crippen LogP contribution in [0, 0.1) is 12.7 Å². The molecule has 1 N–H and O–H groups in total. The van der Waals surface area contributed by atoms with Crippen LogP contribution in [-0.4, -0.2) is 18.5 Å². The van der Waals surface area contributed by atoms with Crippen LogP contribution in [0.4, 0.5) is 4.39 Å². The predicted octanol–water partition coefficient (Wildman–Crippen LogP) is 3.28. The van der Waals surface area contributed by atoms with E-state index in [0.717, 1.165) is 22.1 Å². The number of hydrogen-bond donors (Lipinski definition) is 1. The summed E-state index contributed by atoms with van der Waals surface area (Å²) in [5.41, 5.74) is 3.26. The topological polar surface area (TPSA) is 68.5 Å². The fourth-order valence-electron chi connectivity index (χ4n) is 2.53. The molecule has 1 heterocycles. The number of carbonyl (C=O) groups is 2. The average molecular weight is 355 g/mol. The van der Waals surface area contributed by atoms with Gasteiger partial charge < -0.3 is 14.5 Å². The number of carbonyl (C=O) groups excluding carboxylic acids is 2. The van der Waals surface area contributed by atoms with Gasteiger partial charge in [0.2, 0.25) is 0 Å². The molecular weight excluding hydrogens is 337 g/mol. The van der Waals surface area contributed by atoms with Crippen molar-refractivity contribution in [1.29, 1.82) is 0 Å². The average Bonchev–Trinajstić information content (AvgIpc) is 3.01. The SMILES string of the molecule is Cc1ccc2c(CC(=O)OCC(=O)NCc3ccc(F)cc3)coc2c1. The lowest BCUT2D eigenvalue weighted by atomic mass is 10.1. The van der Waals surface area contributed by atoms with E-state index >= 15 is 0 Å². The third-order valence-corrected chi connectivity index (χ3v) is 3.91. The molecule has 0 saturated carbocycles. The van der Waals surface area contributed by atoms with Gasteiger partial charge in [0.15, 0.2) is 6.61 Å². The normalized spacial score (nSPS) is 10.7. The maximum Gasteiger partial charge on any atom is 0.310 e. The van der Waals surface area contributed by atoms with Crippen LogP contribution in [0.3, 0.4) is 0 Å². The molecule has 0 saturated heterocycles. The molecule has 3 rings (SSSR count). The van der Waals surface area contributed by atoms with Gasteiger partial charge in [-0.25, -0.2) is 4.39 Å². The summed E-state index contributed by atoms with van der Waals surface area (Å²) in [6.45, 7) is 1.83. The largest absolute Gasteiger partial charge is 0.464 e. The van der Waals surface area contributed by atoms with Crippen LogP contribution in [-0.2, 0) is 27.3 Å². The van der Waals surface area contributed by atoms with E-state index in [0.29, 0.717) is 5.58 Å². The lowest BCUT2D eigenvalue weighted by molar-refractivity contribution is -0.147. The molecule has 0 fully saturated rings. The molecule has 5 nitrogen and oxygen atoms in total. The molecule has 0 radical (unpaired) electrons. The third kappa shape index (κ3) is 4.47. The van der Waals surface area contributed by atoms with E-state index in [1.807, 2.05) is 25.1 Å². The summed E-state index contributed by atoms with van der Waals surface area (Å²) >= 11 is 0. The van der Waals surface area contributed by atoms with Gasteiger partial charge in [-0.05, 0) is 36.2 Å². The third-order valence-electron chi connectivity index (χ3n) is 3.91. The number of amides is 1. The molecule has 0 atom stereocenters. The Hall–Kier alpha value is -3.15. The van der Waals surface area contributed by atoms with Crippen molar-refractivity contribution < 1.29 is 23.1 Å². The van der Waals surface area contributed by atoms with Gasteiger partial charge in [-0.2, -0.15) is 0 Å². The van der Waals surface area contributed by atoms with E-state index in [1.54, 1.807) is 12.1 Å². The van der Waals surface area contributed by atoms with E-state index in [2.05, 4.69) is 5.32 Å². The minimum atomic E-state index is -0.509. The zero-order valence-electron chi connectivity index (χ0n) is 14.3. The van der Waals surface area contributed by atoms with Gasteiger partial charge in [0.25, 0.3) is 5.91 Å². The van der Waals surface area contributed by atoms with Crippen LogP contribution < -0.4 is 5.32 Å². The zero-order chi connectivity index (χ0) is 18.5. The number of fused-ring (bicyclic) bond motifs is 1. The summed E-state index contributed by atoms with van der Waals surface area (Å²) < 4.78 is 23.3. The number of hydrogen-bond acceptors (Lipinski definition) is 4. The van der Waals surface area contributed by atoms with Gasteiger partial charge in [-0.3, -0.25) is 9.59 Å². The minimum absolute atomic E-state index is 0.0291. The highest BCUT2D eigenvalue weighted by Gasteiger charge is 2.13. The molecule has 1 aromatic heterocycles. The number of rotatable bonds is 6. The van der Waals surface area contributed by atoms with Crippen molar-refractivity contribution in [2.75, 3.05) is 6.61 Å². The van der Waals surface area contributed by atoms with E-state index in [1.165, 1.54) is 18.4 Å². The Kier molecular flexibility index (Phi) is 5.31. The fourth-order valence-corrected chi connectivity index (χ4v) is 2.53. The van der Waals surface area contributed by atoms with E-state index in [9.17, 15) is 14.0 Å². The van der Waals surface area contributed by atoms with Gasteiger partial charge in [-0.1, -0.05) is 24.3 Å². The number of nitrogens with one attached hydrogen (secondary N) is 1. The van der Waals surface area contributed by atoms with Crippen molar-refractivity contribution in [3.8, 4) is 0 Å². The number of benzene rings is 2. The summed E-state index contributed by atoms with van der Waals surface area (Å²) in [6.07, 6.45) is 1.56. The Balaban J connectivity index is 1.47. The van der Waals surface area contributed by atoms with E-state index in [4.69, 9.17) is 9.15 Å². The number of halogens is 1. The van der Waals surface area contributed by atoms with Crippen molar-refractivity contribution in [1.82, 2.24) is 5.32 Å². The monoisotopic (exact) mass is 355 g/mol. The second kappa shape index (κ2) is 7.82. The molecular formula is C20H18FNO4. The van der Waals surface area contributed by atoms with Crippen molar-refractivity contribution in [2.24, 2.45) is 0 Å². The Morgan fingerprint density at radius 2 is 1.92 bits per heavy atom. The first kappa shape index (κ1) is 17.7. The summed E-state index contributed by atoms with van der Waals surface area (Å²) in [7, 11) is 0. The Bertz CT molecular complexity index is 931. The molecule has 134 valence electrons. The van der Waals surface area contributed by atoms with E-state index < -0.39 is 11.9 Å². The Labute approximate surface area is 149 Å². The van der Waals surface area contributed by atoms with Crippen molar-refractivity contribution in [3.63, 3.8) is 0 Å². The molecule has 0 aliphatic rings. The maximum absolute atomic E-state index is 12.8. The van der Waals surface area contributed by atoms with Crippen molar-refractivity contribution in [3.05, 3.63) is 71.2 Å². The van der Waals surface area contributed by atoms with E-state index in [-0.39, 0.29) is 25.4 Å². The molecule has 1 amide bonds. The molecule has 0 unspecified atom stereocenters. The predicted molar refractivity (Wildman–Crippen MR) is 93.9 cm³/mol. The summed E-state index contributed by atoms with van der Waals surface area (Å²) in [4.78, 5) is 23.7. The molecule has 6 heteroatoms. The second-order valence-corrected chi connectivity index (χ2v) is 6.00. The smallest absolute Gasteiger partial charge is 0.310 e. The Morgan fingerprint density at radius 1 is 1.15 bits per heavy atom. The minimum Gasteiger partial charge on any atom is -0.464 e. The van der Waals surface area contributed by atoms with Gasteiger partial charge in [0, 0.05) is 17.5 Å². The zero-order valence-corrected chi connectivity index (χ0v) is 14.3. The molecule has 0 aliphatic heterocycles. The number of aryl methyl sites for hydroxylation is 1. The number of esters is 1. The molecule has 26 heavy (non-hydrogen) atoms. The van der Waals surface area contributed by atoms with Crippen LogP contribution in [0.25, 0.3) is 11.0 Å². The molecule has 0 aliphatic carbocycles. The molecule has 0 spiro atoms. The first-order chi connectivity index (χ1) is 12.5. The van der Waals surface area contributed by atoms with Crippen LogP contribution in [0.5, 0.6) is 0 Å². The summed E-state index contributed by atoms with van der Waals surface area (Å²) in [5.74, 6) is -1.27. The Morgan fingerprint density at radius 3 is 2.69 bits per heavy atom. The highest BCUT2D eigenvalue weighted by molar-refractivity contribution is 5.87. The quantitative estimate of drug-likeness (QED) is 0.689. The summed E-state index contributed by atoms with van der Waals surface area (Å²) in [6, 6.07) is 11.5. The van der Waals surface area contributed by atoms with Crippen LogP contribution in [0.1, 0.15) is 16.7 Å². The molecule has 2 aromatic carbocycles. The second-order valence-electron chi connectivity index (χ2n) is 6.00. The van der Waals surface area contributed by atoms with Crippen LogP contribution in [0.15, 0.2) is 53.1 Å². The number of ether oxygens (including phenoxy) is 1. The lowest BCUT2D eigenvalue weighted by Gasteiger charge is -2.06. The lowest BCUT2D eigenvalue weighted by Crippen LogP contribution is -2.28. The van der Waals surface area contributed by atoms with Gasteiger partial charge >= 0.3 is 5.97 Å². The fraction of sp³-hybridized carbons (Fsp3) is 0.200. The van der Waals surface area contributed by atoms with Crippen LogP contribution in [0.2, 0.25) is 0 Å². The maximum atomic E-state index is 12.8. The van der Waals surface area contributed by atoms with Crippen LogP contribution >= 0.6 is 0 Å². The van der Waals surface area contributed by atoms with Crippen molar-refractivity contribution >= 4 is 22.8 Å². The van der Waals surface area contributed by atoms with Gasteiger partial charge in [0.1, 0.15) is 11.4 Å². The highest BCUT2D eigenvalue weighted by atomic mass is 19.1.